The van der Waals surface area contributed by atoms with Crippen LogP contribution in [0, 0.1) is 25.2 Å². The highest BCUT2D eigenvalue weighted by Gasteiger charge is 2.34. The van der Waals surface area contributed by atoms with Gasteiger partial charge in [0.1, 0.15) is 17.9 Å². The largest absolute Gasteiger partial charge is 0.368 e. The Bertz CT molecular complexity index is 1170. The normalized spacial score (nSPS) is 20.5. The summed E-state index contributed by atoms with van der Waals surface area (Å²) < 4.78 is 5.59. The molecule has 2 unspecified atom stereocenters. The molecule has 184 valence electrons. The molecular weight excluding hydrogens is 466 g/mol. The lowest BCUT2D eigenvalue weighted by atomic mass is 10.0. The molecule has 1 aromatic carbocycles. The molecule has 0 bridgehead atoms. The van der Waals surface area contributed by atoms with E-state index in [-0.39, 0.29) is 24.0 Å². The van der Waals surface area contributed by atoms with Crippen molar-refractivity contribution in [3.8, 4) is 6.07 Å². The minimum Gasteiger partial charge on any atom is -0.368 e. The molecule has 2 aliphatic rings. The summed E-state index contributed by atoms with van der Waals surface area (Å²) in [5, 5.41) is 12.5. The van der Waals surface area contributed by atoms with Crippen molar-refractivity contribution in [1.82, 2.24) is 14.8 Å². The van der Waals surface area contributed by atoms with Gasteiger partial charge < -0.3 is 15.0 Å². The number of halogens is 1. The smallest absolute Gasteiger partial charge is 0.257 e. The van der Waals surface area contributed by atoms with E-state index in [4.69, 9.17) is 21.6 Å². The maximum Gasteiger partial charge on any atom is 0.257 e. The van der Waals surface area contributed by atoms with Gasteiger partial charge in [-0.2, -0.15) is 5.26 Å². The van der Waals surface area contributed by atoms with Crippen LogP contribution >= 0.6 is 11.6 Å². The zero-order valence-corrected chi connectivity index (χ0v) is 21.1. The molecule has 2 atom stereocenters. The number of ether oxygens (including phenoxy) is 1. The number of benzene rings is 1. The first-order chi connectivity index (χ1) is 16.8. The maximum atomic E-state index is 12.8. The summed E-state index contributed by atoms with van der Waals surface area (Å²) >= 11 is 6.42. The lowest BCUT2D eigenvalue weighted by Crippen LogP contribution is -2.55. The topological polar surface area (TPSA) is 98.6 Å². The Labute approximate surface area is 210 Å². The predicted molar refractivity (Wildman–Crippen MR) is 133 cm³/mol. The van der Waals surface area contributed by atoms with Gasteiger partial charge in [-0.05, 0) is 68.5 Å². The molecule has 0 spiro atoms. The fourth-order valence-electron chi connectivity index (χ4n) is 4.74. The molecule has 2 saturated heterocycles. The first-order valence-electron chi connectivity index (χ1n) is 11.9. The number of nitriles is 1. The van der Waals surface area contributed by atoms with Gasteiger partial charge in [-0.15, -0.1) is 0 Å². The Morgan fingerprint density at radius 1 is 1.29 bits per heavy atom. The summed E-state index contributed by atoms with van der Waals surface area (Å²) in [6, 6.07) is 7.41. The number of rotatable bonds is 5. The number of amides is 2. The third-order valence-electron chi connectivity index (χ3n) is 6.77. The van der Waals surface area contributed by atoms with Crippen molar-refractivity contribution in [3.63, 3.8) is 0 Å². The Hall–Kier alpha value is -2.99. The van der Waals surface area contributed by atoms with E-state index in [1.54, 1.807) is 19.1 Å². The van der Waals surface area contributed by atoms with E-state index < -0.39 is 0 Å². The monoisotopic (exact) mass is 495 g/mol. The van der Waals surface area contributed by atoms with E-state index in [1.807, 2.05) is 24.0 Å². The van der Waals surface area contributed by atoms with Gasteiger partial charge in [0.2, 0.25) is 0 Å². The molecule has 35 heavy (non-hydrogen) atoms. The van der Waals surface area contributed by atoms with E-state index in [0.29, 0.717) is 47.2 Å². The number of piperazine rings is 1. The molecule has 2 amide bonds. The number of hydrogen-bond acceptors (Lipinski definition) is 6. The summed E-state index contributed by atoms with van der Waals surface area (Å²) in [5.41, 5.74) is 3.92. The van der Waals surface area contributed by atoms with Crippen LogP contribution in [0.2, 0.25) is 5.02 Å². The van der Waals surface area contributed by atoms with Gasteiger partial charge >= 0.3 is 0 Å². The van der Waals surface area contributed by atoms with Gasteiger partial charge in [0.25, 0.3) is 11.8 Å². The third-order valence-corrected chi connectivity index (χ3v) is 6.99. The number of anilines is 1. The van der Waals surface area contributed by atoms with Gasteiger partial charge in [0.15, 0.2) is 0 Å². The van der Waals surface area contributed by atoms with E-state index in [9.17, 15) is 9.59 Å². The van der Waals surface area contributed by atoms with Crippen LogP contribution in [0.1, 0.15) is 52.5 Å². The van der Waals surface area contributed by atoms with Crippen LogP contribution in [0.4, 0.5) is 5.69 Å². The summed E-state index contributed by atoms with van der Waals surface area (Å²) in [4.78, 5) is 34.0. The fraction of sp³-hybridized carbons (Fsp3) is 0.462. The molecule has 4 rings (SSSR count). The molecule has 2 aliphatic heterocycles. The number of nitrogens with one attached hydrogen (secondary N) is 1. The third kappa shape index (κ3) is 5.64. The average Bonchev–Trinajstić information content (AvgIpc) is 3.37. The number of pyridine rings is 1. The molecular formula is C26H30ClN5O3. The zero-order valence-electron chi connectivity index (χ0n) is 20.3. The van der Waals surface area contributed by atoms with E-state index in [1.165, 1.54) is 6.20 Å². The first kappa shape index (κ1) is 25.1. The van der Waals surface area contributed by atoms with Gasteiger partial charge in [-0.25, -0.2) is 4.98 Å². The van der Waals surface area contributed by atoms with Crippen molar-refractivity contribution in [2.24, 2.45) is 0 Å². The van der Waals surface area contributed by atoms with E-state index in [0.717, 1.165) is 37.1 Å². The number of carbonyl (C=O) groups excluding carboxylic acids is 2. The number of aryl methyl sites for hydroxylation is 1. The zero-order chi connectivity index (χ0) is 25.1. The van der Waals surface area contributed by atoms with Crippen molar-refractivity contribution >= 4 is 29.1 Å². The van der Waals surface area contributed by atoms with Crippen LogP contribution in [0.5, 0.6) is 0 Å². The average molecular weight is 496 g/mol. The van der Waals surface area contributed by atoms with Crippen LogP contribution < -0.4 is 5.32 Å². The van der Waals surface area contributed by atoms with Gasteiger partial charge in [0, 0.05) is 55.7 Å². The molecule has 0 radical (unpaired) electrons. The molecule has 2 aromatic rings. The number of nitrogens with zero attached hydrogens (tertiary/aromatic N) is 4. The molecule has 1 N–H and O–H groups in total. The van der Waals surface area contributed by atoms with E-state index in [2.05, 4.69) is 22.1 Å². The highest BCUT2D eigenvalue weighted by molar-refractivity contribution is 6.31. The molecule has 2 fully saturated rings. The Balaban J connectivity index is 1.43. The fourth-order valence-corrected chi connectivity index (χ4v) is 4.98. The molecule has 0 saturated carbocycles. The second-order valence-corrected chi connectivity index (χ2v) is 9.75. The lowest BCUT2D eigenvalue weighted by Gasteiger charge is -2.41. The number of hydrogen-bond donors (Lipinski definition) is 1. The standard InChI is InChI=1S/C26H30ClN5O3/c1-16-9-19(13-29-23(16)12-28)25(33)30-22-11-21(27)10-20(18(22)3)15-31-6-7-32(17(2)14-31)26(34)24-5-4-8-35-24/h9-11,13,17,24H,4-8,14-15H2,1-3H3,(H,30,33). The van der Waals surface area contributed by atoms with Crippen molar-refractivity contribution < 1.29 is 14.3 Å². The van der Waals surface area contributed by atoms with Crippen LogP contribution in [0.25, 0.3) is 0 Å². The van der Waals surface area contributed by atoms with Gasteiger partial charge in [0.05, 0.1) is 5.56 Å². The van der Waals surface area contributed by atoms with E-state index >= 15 is 0 Å². The number of aromatic nitrogens is 1. The van der Waals surface area contributed by atoms with Crippen LogP contribution in [-0.4, -0.2) is 65.0 Å². The molecule has 8 nitrogen and oxygen atoms in total. The first-order valence-corrected chi connectivity index (χ1v) is 12.3. The van der Waals surface area contributed by atoms with Crippen molar-refractivity contribution in [3.05, 3.63) is 57.4 Å². The quantitative estimate of drug-likeness (QED) is 0.679. The predicted octanol–water partition coefficient (Wildman–Crippen LogP) is 3.69. The maximum absolute atomic E-state index is 12.8. The Morgan fingerprint density at radius 2 is 2.09 bits per heavy atom. The Kier molecular flexibility index (Phi) is 7.70. The minimum atomic E-state index is -0.309. The van der Waals surface area contributed by atoms with Crippen LogP contribution in [0.15, 0.2) is 24.4 Å². The second kappa shape index (κ2) is 10.7. The van der Waals surface area contributed by atoms with Crippen LogP contribution in [-0.2, 0) is 16.1 Å². The molecule has 3 heterocycles. The SMILES string of the molecule is Cc1cc(C(=O)Nc2cc(Cl)cc(CN3CCN(C(=O)C4CCCO4)C(C)C3)c2C)cnc1C#N. The summed E-state index contributed by atoms with van der Waals surface area (Å²) in [6.45, 7) is 9.29. The van der Waals surface area contributed by atoms with Crippen molar-refractivity contribution in [1.29, 1.82) is 5.26 Å². The highest BCUT2D eigenvalue weighted by Crippen LogP contribution is 2.28. The molecule has 9 heteroatoms. The highest BCUT2D eigenvalue weighted by atomic mass is 35.5. The Morgan fingerprint density at radius 3 is 2.74 bits per heavy atom. The van der Waals surface area contributed by atoms with Gasteiger partial charge in [-0.1, -0.05) is 11.6 Å². The van der Waals surface area contributed by atoms with Gasteiger partial charge in [-0.3, -0.25) is 14.5 Å². The lowest BCUT2D eigenvalue weighted by molar-refractivity contribution is -0.145. The second-order valence-electron chi connectivity index (χ2n) is 9.31. The van der Waals surface area contributed by atoms with Crippen molar-refractivity contribution in [2.75, 3.05) is 31.6 Å². The van der Waals surface area contributed by atoms with Crippen LogP contribution in [0.3, 0.4) is 0 Å². The molecule has 1 aromatic heterocycles. The molecule has 0 aliphatic carbocycles. The van der Waals surface area contributed by atoms with Crippen molar-refractivity contribution in [2.45, 2.75) is 52.3 Å². The minimum absolute atomic E-state index is 0.0891. The summed E-state index contributed by atoms with van der Waals surface area (Å²) in [7, 11) is 0. The number of carbonyl (C=O) groups is 2. The summed E-state index contributed by atoms with van der Waals surface area (Å²) in [6.07, 6.45) is 2.86. The summed E-state index contributed by atoms with van der Waals surface area (Å²) in [5.74, 6) is -0.206.